The zero-order chi connectivity index (χ0) is 24.3. The number of anilines is 3. The Morgan fingerprint density at radius 2 is 1.82 bits per heavy atom. The summed E-state index contributed by atoms with van der Waals surface area (Å²) in [5.74, 6) is 1.31. The van der Waals surface area contributed by atoms with Crippen LogP contribution in [0.15, 0.2) is 22.1 Å². The Hall–Kier alpha value is -2.29. The average molecular weight is 513 g/mol. The molecule has 1 aromatic heterocycles. The van der Waals surface area contributed by atoms with E-state index in [0.29, 0.717) is 45.5 Å². The Bertz CT molecular complexity index is 1050. The summed E-state index contributed by atoms with van der Waals surface area (Å²) in [6.45, 7) is 9.44. The molecule has 0 atom stereocenters. The fraction of sp³-hybridized carbons (Fsp3) is 0.455. The van der Waals surface area contributed by atoms with Crippen molar-refractivity contribution in [1.29, 1.82) is 0 Å². The van der Waals surface area contributed by atoms with Gasteiger partial charge in [-0.2, -0.15) is 0 Å². The second-order valence-corrected chi connectivity index (χ2v) is 9.60. The van der Waals surface area contributed by atoms with Crippen molar-refractivity contribution in [2.24, 2.45) is 21.6 Å². The molecular weight excluding hydrogens is 485 g/mol. The van der Waals surface area contributed by atoms with Crippen LogP contribution in [0.25, 0.3) is 0 Å². The van der Waals surface area contributed by atoms with E-state index in [0.717, 1.165) is 24.4 Å². The maximum Gasteiger partial charge on any atom is 0.223 e. The summed E-state index contributed by atoms with van der Waals surface area (Å²) in [5, 5.41) is 7.74. The van der Waals surface area contributed by atoms with E-state index >= 15 is 0 Å². The van der Waals surface area contributed by atoms with E-state index < -0.39 is 0 Å². The lowest BCUT2D eigenvalue weighted by atomic mass is 9.85. The molecule has 0 radical (unpaired) electrons. The minimum atomic E-state index is -0.256. The van der Waals surface area contributed by atoms with Gasteiger partial charge in [-0.1, -0.05) is 34.8 Å². The third kappa shape index (κ3) is 5.99. The third-order valence-electron chi connectivity index (χ3n) is 5.55. The highest BCUT2D eigenvalue weighted by Gasteiger charge is 2.30. The van der Waals surface area contributed by atoms with Crippen molar-refractivity contribution >= 4 is 70.8 Å². The lowest BCUT2D eigenvalue weighted by molar-refractivity contribution is -0.122. The molecular formula is C22H28Cl3N7O. The van der Waals surface area contributed by atoms with Gasteiger partial charge >= 0.3 is 0 Å². The van der Waals surface area contributed by atoms with Gasteiger partial charge in [0.25, 0.3) is 0 Å². The van der Waals surface area contributed by atoms with E-state index in [1.807, 2.05) is 20.8 Å². The van der Waals surface area contributed by atoms with Crippen LogP contribution >= 0.6 is 34.8 Å². The monoisotopic (exact) mass is 511 g/mol. The van der Waals surface area contributed by atoms with E-state index in [1.54, 1.807) is 12.1 Å². The van der Waals surface area contributed by atoms with Gasteiger partial charge in [0, 0.05) is 23.0 Å². The molecule has 0 spiro atoms. The van der Waals surface area contributed by atoms with Crippen LogP contribution in [-0.2, 0) is 4.79 Å². The number of rotatable bonds is 6. The molecule has 1 aliphatic carbocycles. The maximum absolute atomic E-state index is 11.7. The first kappa shape index (κ1) is 25.3. The van der Waals surface area contributed by atoms with Gasteiger partial charge in [0.2, 0.25) is 17.8 Å². The average Bonchev–Trinajstić information content (AvgIpc) is 3.04. The first-order chi connectivity index (χ1) is 15.6. The van der Waals surface area contributed by atoms with Gasteiger partial charge in [-0.25, -0.2) is 15.0 Å². The van der Waals surface area contributed by atoms with Gasteiger partial charge in [0.05, 0.1) is 21.4 Å². The molecule has 0 aliphatic heterocycles. The number of carbonyl (C=O) groups is 1. The van der Waals surface area contributed by atoms with Crippen molar-refractivity contribution in [2.75, 3.05) is 10.6 Å². The number of benzene rings is 1. The molecule has 178 valence electrons. The largest absolute Gasteiger partial charge is 0.369 e. The number of hydrogen-bond donors (Lipinski definition) is 3. The first-order valence-electron chi connectivity index (χ1n) is 10.7. The second kappa shape index (κ2) is 10.8. The van der Waals surface area contributed by atoms with Crippen LogP contribution in [0.5, 0.6) is 0 Å². The summed E-state index contributed by atoms with van der Waals surface area (Å²) in [7, 11) is 0. The predicted octanol–water partition coefficient (Wildman–Crippen LogP) is 5.99. The van der Waals surface area contributed by atoms with Crippen LogP contribution in [0.2, 0.25) is 15.1 Å². The number of amides is 1. The molecule has 0 unspecified atom stereocenters. The highest BCUT2D eigenvalue weighted by molar-refractivity contribution is 6.41. The van der Waals surface area contributed by atoms with Crippen molar-refractivity contribution in [3.8, 4) is 0 Å². The zero-order valence-electron chi connectivity index (χ0n) is 18.8. The van der Waals surface area contributed by atoms with Gasteiger partial charge in [0.1, 0.15) is 5.82 Å². The van der Waals surface area contributed by atoms with E-state index in [-0.39, 0.29) is 23.9 Å². The molecule has 1 amide bonds. The minimum absolute atomic E-state index is 0.0324. The molecule has 1 aliphatic rings. The van der Waals surface area contributed by atoms with Crippen LogP contribution < -0.4 is 16.4 Å². The lowest BCUT2D eigenvalue weighted by Crippen LogP contribution is -2.29. The number of nitrogens with zero attached hydrogens (tertiary/aromatic N) is 4. The van der Waals surface area contributed by atoms with Crippen LogP contribution in [0.1, 0.15) is 51.3 Å². The van der Waals surface area contributed by atoms with Crippen LogP contribution in [0, 0.1) is 12.8 Å². The van der Waals surface area contributed by atoms with Crippen molar-refractivity contribution in [3.05, 3.63) is 32.9 Å². The van der Waals surface area contributed by atoms with E-state index in [1.165, 1.54) is 0 Å². The first-order valence-corrected chi connectivity index (χ1v) is 11.8. The van der Waals surface area contributed by atoms with Gasteiger partial charge in [-0.05, 0) is 65.3 Å². The minimum Gasteiger partial charge on any atom is -0.369 e. The lowest BCUT2D eigenvalue weighted by Gasteiger charge is -2.30. The number of hydrogen-bond acceptors (Lipinski definition) is 4. The predicted molar refractivity (Wildman–Crippen MR) is 138 cm³/mol. The van der Waals surface area contributed by atoms with Gasteiger partial charge < -0.3 is 16.4 Å². The van der Waals surface area contributed by atoms with Crippen molar-refractivity contribution < 1.29 is 4.79 Å². The number of halogens is 3. The van der Waals surface area contributed by atoms with Crippen LogP contribution in [0.4, 0.5) is 17.5 Å². The standard InChI is InChI=1S/C22H28Cl3N7O/c1-11(2)28-21(27-4)31-20-12(3)29-22(30-18-16(24)9-14(23)10-17(18)25)32(20)15-7-5-13(6-8-15)19(26)33/h9-11,13,15H,4-8H2,1-3H3,(H2,26,33)(H,28,31)(H,29,30). The summed E-state index contributed by atoms with van der Waals surface area (Å²) in [5.41, 5.74) is 6.77. The third-order valence-corrected chi connectivity index (χ3v) is 6.37. The van der Waals surface area contributed by atoms with Crippen molar-refractivity contribution in [3.63, 3.8) is 0 Å². The van der Waals surface area contributed by atoms with Crippen molar-refractivity contribution in [1.82, 2.24) is 9.55 Å². The molecule has 3 rings (SSSR count). The molecule has 1 aromatic carbocycles. The molecule has 11 heteroatoms. The Morgan fingerprint density at radius 3 is 2.33 bits per heavy atom. The molecule has 0 bridgehead atoms. The Labute approximate surface area is 208 Å². The Morgan fingerprint density at radius 1 is 1.21 bits per heavy atom. The smallest absolute Gasteiger partial charge is 0.223 e. The highest BCUT2D eigenvalue weighted by atomic mass is 35.5. The van der Waals surface area contributed by atoms with Crippen LogP contribution in [0.3, 0.4) is 0 Å². The number of aromatic nitrogens is 2. The Kier molecular flexibility index (Phi) is 8.26. The summed E-state index contributed by atoms with van der Waals surface area (Å²) >= 11 is 18.9. The number of guanidine groups is 1. The number of imidazole rings is 1. The normalized spacial score (nSPS) is 18.9. The quantitative estimate of drug-likeness (QED) is 0.326. The molecule has 1 saturated carbocycles. The summed E-state index contributed by atoms with van der Waals surface area (Å²) < 4.78 is 2.05. The van der Waals surface area contributed by atoms with Gasteiger partial charge in [0.15, 0.2) is 0 Å². The number of nitrogens with one attached hydrogen (secondary N) is 2. The van der Waals surface area contributed by atoms with Crippen molar-refractivity contribution in [2.45, 2.75) is 58.5 Å². The summed E-state index contributed by atoms with van der Waals surface area (Å²) in [6.07, 6.45) is 2.91. The number of carbonyl (C=O) groups excluding carboxylic acids is 1. The summed E-state index contributed by atoms with van der Waals surface area (Å²) in [6, 6.07) is 3.32. The van der Waals surface area contributed by atoms with E-state index in [4.69, 9.17) is 45.5 Å². The van der Waals surface area contributed by atoms with Crippen LogP contribution in [-0.4, -0.2) is 34.2 Å². The van der Waals surface area contributed by atoms with Gasteiger partial charge in [-0.3, -0.25) is 9.36 Å². The zero-order valence-corrected chi connectivity index (χ0v) is 21.1. The van der Waals surface area contributed by atoms with E-state index in [9.17, 15) is 4.79 Å². The molecule has 8 nitrogen and oxygen atoms in total. The fourth-order valence-corrected chi connectivity index (χ4v) is 4.91. The summed E-state index contributed by atoms with van der Waals surface area (Å²) in [4.78, 5) is 24.9. The molecule has 0 saturated heterocycles. The number of aryl methyl sites for hydroxylation is 1. The molecule has 2 aromatic rings. The number of primary amides is 1. The maximum atomic E-state index is 11.7. The molecule has 33 heavy (non-hydrogen) atoms. The number of aliphatic imine (C=N–C) groups is 2. The molecule has 1 fully saturated rings. The topological polar surface area (TPSA) is 110 Å². The Balaban J connectivity index is 2.04. The highest BCUT2D eigenvalue weighted by Crippen LogP contribution is 2.41. The van der Waals surface area contributed by atoms with E-state index in [2.05, 4.69) is 31.9 Å². The second-order valence-electron chi connectivity index (χ2n) is 8.35. The number of nitrogens with two attached hydrogens (primary N) is 1. The SMILES string of the molecule is C=NC(=NC(C)C)Nc1c(C)nc(Nc2c(Cl)cc(Cl)cc2Cl)n1C1CCC(C(N)=O)CC1. The molecule has 1 heterocycles. The fourth-order valence-electron chi connectivity index (χ4n) is 4.00. The molecule has 4 N–H and O–H groups in total. The van der Waals surface area contributed by atoms with Gasteiger partial charge in [-0.15, -0.1) is 0 Å².